The molecule has 1 aliphatic heterocycles. The molecule has 5 heteroatoms. The minimum Gasteiger partial charge on any atom is -0.338 e. The molecular weight excluding hydrogens is 283 g/mol. The zero-order chi connectivity index (χ0) is 14.0. The highest BCUT2D eigenvalue weighted by Gasteiger charge is 2.31. The van der Waals surface area contributed by atoms with Gasteiger partial charge in [0.15, 0.2) is 0 Å². The molecule has 1 N–H and O–H groups in total. The molecule has 1 fully saturated rings. The zero-order valence-electron chi connectivity index (χ0n) is 11.2. The lowest BCUT2D eigenvalue weighted by molar-refractivity contribution is 0.0662. The van der Waals surface area contributed by atoms with Gasteiger partial charge in [-0.25, -0.2) is 0 Å². The van der Waals surface area contributed by atoms with Gasteiger partial charge in [0.25, 0.3) is 5.91 Å². The van der Waals surface area contributed by atoms with Crippen molar-refractivity contribution in [2.75, 3.05) is 20.1 Å². The van der Waals surface area contributed by atoms with Gasteiger partial charge in [-0.3, -0.25) is 4.79 Å². The highest BCUT2D eigenvalue weighted by atomic mass is 35.5. The number of halogens is 2. The average molecular weight is 301 g/mol. The van der Waals surface area contributed by atoms with Crippen LogP contribution in [0.2, 0.25) is 10.0 Å². The summed E-state index contributed by atoms with van der Waals surface area (Å²) in [6, 6.07) is 5.00. The maximum absolute atomic E-state index is 12.4. The standard InChI is InChI=1S/C14H18Cl2N2O/c1-14(17-2)5-7-18(8-6-14)13(19)11-4-3-10(15)9-12(11)16/h3-4,9,17H,5-8H2,1-2H3. The predicted molar refractivity (Wildman–Crippen MR) is 79.1 cm³/mol. The van der Waals surface area contributed by atoms with Crippen molar-refractivity contribution in [1.29, 1.82) is 0 Å². The van der Waals surface area contributed by atoms with Crippen LogP contribution in [-0.4, -0.2) is 36.5 Å². The number of carbonyl (C=O) groups is 1. The maximum Gasteiger partial charge on any atom is 0.255 e. The van der Waals surface area contributed by atoms with Crippen LogP contribution in [0.5, 0.6) is 0 Å². The van der Waals surface area contributed by atoms with Crippen molar-refractivity contribution in [2.24, 2.45) is 0 Å². The molecule has 1 aromatic rings. The van der Waals surface area contributed by atoms with Gasteiger partial charge >= 0.3 is 0 Å². The van der Waals surface area contributed by atoms with Crippen molar-refractivity contribution in [3.05, 3.63) is 33.8 Å². The summed E-state index contributed by atoms with van der Waals surface area (Å²) in [5.74, 6) is -0.0141. The lowest BCUT2D eigenvalue weighted by atomic mass is 9.89. The van der Waals surface area contributed by atoms with Crippen molar-refractivity contribution in [1.82, 2.24) is 10.2 Å². The third-order valence-corrected chi connectivity index (χ3v) is 4.47. The van der Waals surface area contributed by atoms with E-state index in [9.17, 15) is 4.79 Å². The van der Waals surface area contributed by atoms with Gasteiger partial charge in [0.2, 0.25) is 0 Å². The Labute approximate surface area is 123 Å². The maximum atomic E-state index is 12.4. The Kier molecular flexibility index (Phi) is 4.39. The summed E-state index contributed by atoms with van der Waals surface area (Å²) in [5, 5.41) is 4.28. The molecule has 3 nitrogen and oxygen atoms in total. The van der Waals surface area contributed by atoms with Crippen molar-refractivity contribution < 1.29 is 4.79 Å². The third kappa shape index (κ3) is 3.22. The molecular formula is C14H18Cl2N2O. The fourth-order valence-electron chi connectivity index (χ4n) is 2.29. The van der Waals surface area contributed by atoms with E-state index in [2.05, 4.69) is 12.2 Å². The summed E-state index contributed by atoms with van der Waals surface area (Å²) < 4.78 is 0. The first-order valence-corrected chi connectivity index (χ1v) is 7.14. The van der Waals surface area contributed by atoms with E-state index in [0.717, 1.165) is 25.9 Å². The van der Waals surface area contributed by atoms with Gasteiger partial charge in [0.05, 0.1) is 10.6 Å². The number of amides is 1. The molecule has 1 saturated heterocycles. The molecule has 0 saturated carbocycles. The van der Waals surface area contributed by atoms with Gasteiger partial charge in [-0.2, -0.15) is 0 Å². The molecule has 0 radical (unpaired) electrons. The minimum absolute atomic E-state index is 0.0141. The molecule has 0 spiro atoms. The van der Waals surface area contributed by atoms with E-state index in [-0.39, 0.29) is 11.4 Å². The first-order chi connectivity index (χ1) is 8.95. The number of carbonyl (C=O) groups excluding carboxylic acids is 1. The number of hydrogen-bond acceptors (Lipinski definition) is 2. The van der Waals surface area contributed by atoms with E-state index in [4.69, 9.17) is 23.2 Å². The molecule has 2 rings (SSSR count). The number of rotatable bonds is 2. The molecule has 0 aliphatic carbocycles. The second-order valence-corrected chi connectivity index (χ2v) is 6.07. The van der Waals surface area contributed by atoms with Gasteiger partial charge in [-0.05, 0) is 45.0 Å². The number of hydrogen-bond donors (Lipinski definition) is 1. The first kappa shape index (κ1) is 14.6. The molecule has 0 unspecified atom stereocenters. The third-order valence-electron chi connectivity index (χ3n) is 3.92. The molecule has 104 valence electrons. The van der Waals surface area contributed by atoms with E-state index in [1.807, 2.05) is 11.9 Å². The number of nitrogens with zero attached hydrogens (tertiary/aromatic N) is 1. The molecule has 0 bridgehead atoms. The smallest absolute Gasteiger partial charge is 0.255 e. The zero-order valence-corrected chi connectivity index (χ0v) is 12.7. The van der Waals surface area contributed by atoms with E-state index in [0.29, 0.717) is 15.6 Å². The monoisotopic (exact) mass is 300 g/mol. The molecule has 1 aromatic carbocycles. The van der Waals surface area contributed by atoms with Crippen LogP contribution in [0, 0.1) is 0 Å². The lowest BCUT2D eigenvalue weighted by Gasteiger charge is -2.39. The van der Waals surface area contributed by atoms with Gasteiger partial charge in [0, 0.05) is 23.7 Å². The van der Waals surface area contributed by atoms with E-state index >= 15 is 0 Å². The molecule has 1 aliphatic rings. The summed E-state index contributed by atoms with van der Waals surface area (Å²) in [6.45, 7) is 3.67. The van der Waals surface area contributed by atoms with Gasteiger partial charge in [-0.1, -0.05) is 23.2 Å². The van der Waals surface area contributed by atoms with Crippen molar-refractivity contribution in [3.63, 3.8) is 0 Å². The van der Waals surface area contributed by atoms with Crippen LogP contribution in [0.15, 0.2) is 18.2 Å². The molecule has 19 heavy (non-hydrogen) atoms. The Morgan fingerprint density at radius 3 is 2.47 bits per heavy atom. The van der Waals surface area contributed by atoms with E-state index < -0.39 is 0 Å². The Morgan fingerprint density at radius 2 is 1.95 bits per heavy atom. The van der Waals surface area contributed by atoms with Crippen molar-refractivity contribution in [2.45, 2.75) is 25.3 Å². The number of benzene rings is 1. The number of nitrogens with one attached hydrogen (secondary N) is 1. The Hall–Kier alpha value is -0.770. The molecule has 0 aromatic heterocycles. The quantitative estimate of drug-likeness (QED) is 0.909. The average Bonchev–Trinajstić information content (AvgIpc) is 2.39. The van der Waals surface area contributed by atoms with Crippen LogP contribution >= 0.6 is 23.2 Å². The largest absolute Gasteiger partial charge is 0.338 e. The summed E-state index contributed by atoms with van der Waals surface area (Å²) in [4.78, 5) is 14.3. The topological polar surface area (TPSA) is 32.3 Å². The van der Waals surface area contributed by atoms with Gasteiger partial charge in [0.1, 0.15) is 0 Å². The lowest BCUT2D eigenvalue weighted by Crippen LogP contribution is -2.51. The summed E-state index contributed by atoms with van der Waals surface area (Å²) >= 11 is 11.9. The predicted octanol–water partition coefficient (Wildman–Crippen LogP) is 3.21. The van der Waals surface area contributed by atoms with Crippen LogP contribution in [0.25, 0.3) is 0 Å². The summed E-state index contributed by atoms with van der Waals surface area (Å²) in [7, 11) is 1.97. The summed E-state index contributed by atoms with van der Waals surface area (Å²) in [5.41, 5.74) is 0.653. The number of piperidine rings is 1. The van der Waals surface area contributed by atoms with Crippen LogP contribution in [0.4, 0.5) is 0 Å². The second kappa shape index (κ2) is 5.70. The Balaban J connectivity index is 2.09. The van der Waals surface area contributed by atoms with Crippen LogP contribution in [-0.2, 0) is 0 Å². The normalized spacial score (nSPS) is 18.4. The molecule has 1 heterocycles. The fraction of sp³-hybridized carbons (Fsp3) is 0.500. The second-order valence-electron chi connectivity index (χ2n) is 5.23. The SMILES string of the molecule is CNC1(C)CCN(C(=O)c2ccc(Cl)cc2Cl)CC1. The highest BCUT2D eigenvalue weighted by molar-refractivity contribution is 6.36. The Morgan fingerprint density at radius 1 is 1.32 bits per heavy atom. The van der Waals surface area contributed by atoms with Crippen molar-refractivity contribution in [3.8, 4) is 0 Å². The van der Waals surface area contributed by atoms with E-state index in [1.54, 1.807) is 18.2 Å². The minimum atomic E-state index is -0.0141. The molecule has 1 amide bonds. The van der Waals surface area contributed by atoms with Crippen LogP contribution in [0.1, 0.15) is 30.1 Å². The van der Waals surface area contributed by atoms with Gasteiger partial charge in [-0.15, -0.1) is 0 Å². The summed E-state index contributed by atoms with van der Waals surface area (Å²) in [6.07, 6.45) is 1.89. The highest BCUT2D eigenvalue weighted by Crippen LogP contribution is 2.26. The molecule has 0 atom stereocenters. The number of likely N-dealkylation sites (tertiary alicyclic amines) is 1. The Bertz CT molecular complexity index is 482. The van der Waals surface area contributed by atoms with Crippen LogP contribution in [0.3, 0.4) is 0 Å². The van der Waals surface area contributed by atoms with Crippen molar-refractivity contribution >= 4 is 29.1 Å². The van der Waals surface area contributed by atoms with E-state index in [1.165, 1.54) is 0 Å². The first-order valence-electron chi connectivity index (χ1n) is 6.38. The van der Waals surface area contributed by atoms with Gasteiger partial charge < -0.3 is 10.2 Å². The fourth-order valence-corrected chi connectivity index (χ4v) is 2.78. The van der Waals surface area contributed by atoms with Crippen LogP contribution < -0.4 is 5.32 Å².